The van der Waals surface area contributed by atoms with E-state index in [0.717, 1.165) is 9.99 Å². The number of methoxy groups -OCH3 is 1. The number of aromatic amines is 1. The predicted molar refractivity (Wildman–Crippen MR) is 80.2 cm³/mol. The van der Waals surface area contributed by atoms with E-state index in [-0.39, 0.29) is 5.75 Å². The number of nitrogens with one attached hydrogen (secondary N) is 1. The van der Waals surface area contributed by atoms with Crippen LogP contribution >= 0.6 is 15.9 Å². The van der Waals surface area contributed by atoms with Crippen LogP contribution in [0.15, 0.2) is 34.8 Å². The third kappa shape index (κ3) is 2.12. The zero-order valence-electron chi connectivity index (χ0n) is 10.6. The van der Waals surface area contributed by atoms with E-state index in [1.807, 2.05) is 6.07 Å². The molecule has 3 aromatic rings. The van der Waals surface area contributed by atoms with Gasteiger partial charge in [-0.25, -0.2) is 9.37 Å². The molecule has 3 rings (SSSR count). The Morgan fingerprint density at radius 2 is 2.10 bits per heavy atom. The van der Waals surface area contributed by atoms with Crippen molar-refractivity contribution in [1.29, 1.82) is 0 Å². The third-order valence-corrected chi connectivity index (χ3v) is 3.46. The summed E-state index contributed by atoms with van der Waals surface area (Å²) in [5.41, 5.74) is 8.57. The molecule has 0 bridgehead atoms. The summed E-state index contributed by atoms with van der Waals surface area (Å²) < 4.78 is 19.5. The van der Waals surface area contributed by atoms with E-state index in [4.69, 9.17) is 10.5 Å². The highest BCUT2D eigenvalue weighted by atomic mass is 79.9. The fourth-order valence-electron chi connectivity index (χ4n) is 2.06. The zero-order valence-corrected chi connectivity index (χ0v) is 12.2. The summed E-state index contributed by atoms with van der Waals surface area (Å²) in [4.78, 5) is 7.54. The number of hydrogen-bond acceptors (Lipinski definition) is 3. The van der Waals surface area contributed by atoms with Crippen molar-refractivity contribution in [3.05, 3.63) is 40.6 Å². The van der Waals surface area contributed by atoms with Gasteiger partial charge in [-0.2, -0.15) is 0 Å². The van der Waals surface area contributed by atoms with Crippen molar-refractivity contribution in [3.63, 3.8) is 0 Å². The second kappa shape index (κ2) is 4.79. The van der Waals surface area contributed by atoms with Crippen LogP contribution in [-0.2, 0) is 0 Å². The number of hydrogen-bond donors (Lipinski definition) is 2. The first-order valence-electron chi connectivity index (χ1n) is 5.87. The largest absolute Gasteiger partial charge is 0.494 e. The Labute approximate surface area is 122 Å². The standard InChI is InChI=1S/C14H11BrFN3O/c1-20-12-3-2-7(4-9(12)16)14-18-11-6-8(15)5-10(17)13(11)19-14/h2-6H,17H2,1H3,(H,18,19). The lowest BCUT2D eigenvalue weighted by atomic mass is 10.2. The fraction of sp³-hybridized carbons (Fsp3) is 0.0714. The number of fused-ring (bicyclic) bond motifs is 1. The van der Waals surface area contributed by atoms with E-state index in [2.05, 4.69) is 25.9 Å². The smallest absolute Gasteiger partial charge is 0.165 e. The summed E-state index contributed by atoms with van der Waals surface area (Å²) in [5.74, 6) is 0.332. The number of nitrogens with zero attached hydrogens (tertiary/aromatic N) is 1. The fourth-order valence-corrected chi connectivity index (χ4v) is 2.53. The van der Waals surface area contributed by atoms with Crippen LogP contribution in [0.4, 0.5) is 10.1 Å². The number of H-pyrrole nitrogens is 1. The van der Waals surface area contributed by atoms with Crippen LogP contribution in [0.2, 0.25) is 0 Å². The van der Waals surface area contributed by atoms with Crippen molar-refractivity contribution in [1.82, 2.24) is 9.97 Å². The highest BCUT2D eigenvalue weighted by Gasteiger charge is 2.11. The molecule has 6 heteroatoms. The number of ether oxygens (including phenoxy) is 1. The summed E-state index contributed by atoms with van der Waals surface area (Å²) in [5, 5.41) is 0. The van der Waals surface area contributed by atoms with Crippen molar-refractivity contribution in [3.8, 4) is 17.1 Å². The summed E-state index contributed by atoms with van der Waals surface area (Å²) in [7, 11) is 1.43. The van der Waals surface area contributed by atoms with Crippen molar-refractivity contribution >= 4 is 32.7 Å². The highest BCUT2D eigenvalue weighted by Crippen LogP contribution is 2.29. The van der Waals surface area contributed by atoms with Crippen molar-refractivity contribution in [2.75, 3.05) is 12.8 Å². The Balaban J connectivity index is 2.15. The van der Waals surface area contributed by atoms with Gasteiger partial charge in [0.05, 0.1) is 18.3 Å². The molecule has 0 amide bonds. The molecule has 3 N–H and O–H groups in total. The average Bonchev–Trinajstić information content (AvgIpc) is 2.82. The number of rotatable bonds is 2. The van der Waals surface area contributed by atoms with Crippen LogP contribution in [0.25, 0.3) is 22.4 Å². The van der Waals surface area contributed by atoms with Gasteiger partial charge in [0.1, 0.15) is 11.3 Å². The lowest BCUT2D eigenvalue weighted by Gasteiger charge is -2.02. The average molecular weight is 336 g/mol. The van der Waals surface area contributed by atoms with Gasteiger partial charge in [0.2, 0.25) is 0 Å². The molecule has 0 aliphatic carbocycles. The summed E-state index contributed by atoms with van der Waals surface area (Å²) in [6.45, 7) is 0. The Morgan fingerprint density at radius 3 is 2.80 bits per heavy atom. The van der Waals surface area contributed by atoms with Gasteiger partial charge in [0.15, 0.2) is 11.6 Å². The predicted octanol–water partition coefficient (Wildman–Crippen LogP) is 3.72. The van der Waals surface area contributed by atoms with Crippen LogP contribution in [0.5, 0.6) is 5.75 Å². The number of imidazole rings is 1. The Kier molecular flexibility index (Phi) is 3.10. The van der Waals surface area contributed by atoms with Gasteiger partial charge in [-0.3, -0.25) is 0 Å². The molecule has 0 unspecified atom stereocenters. The Hall–Kier alpha value is -2.08. The summed E-state index contributed by atoms with van der Waals surface area (Å²) in [6, 6.07) is 8.34. The number of nitrogens with two attached hydrogens (primary N) is 1. The quantitative estimate of drug-likeness (QED) is 0.701. The normalized spacial score (nSPS) is 10.9. The van der Waals surface area contributed by atoms with E-state index in [1.54, 1.807) is 18.2 Å². The van der Waals surface area contributed by atoms with E-state index < -0.39 is 5.82 Å². The topological polar surface area (TPSA) is 63.9 Å². The van der Waals surface area contributed by atoms with Crippen LogP contribution in [0.1, 0.15) is 0 Å². The van der Waals surface area contributed by atoms with E-state index in [1.165, 1.54) is 13.2 Å². The SMILES string of the molecule is COc1ccc(-c2nc3c(N)cc(Br)cc3[nH]2)cc1F. The molecule has 1 heterocycles. The van der Waals surface area contributed by atoms with Crippen molar-refractivity contribution in [2.24, 2.45) is 0 Å². The zero-order chi connectivity index (χ0) is 14.3. The molecule has 0 radical (unpaired) electrons. The minimum absolute atomic E-state index is 0.201. The van der Waals surface area contributed by atoms with Crippen LogP contribution in [-0.4, -0.2) is 17.1 Å². The molecule has 0 fully saturated rings. The Bertz CT molecular complexity index is 800. The van der Waals surface area contributed by atoms with Gasteiger partial charge in [0, 0.05) is 10.0 Å². The first-order valence-corrected chi connectivity index (χ1v) is 6.66. The molecule has 20 heavy (non-hydrogen) atoms. The van der Waals surface area contributed by atoms with Crippen molar-refractivity contribution in [2.45, 2.75) is 0 Å². The highest BCUT2D eigenvalue weighted by molar-refractivity contribution is 9.10. The van der Waals surface area contributed by atoms with Gasteiger partial charge in [-0.05, 0) is 30.3 Å². The van der Waals surface area contributed by atoms with Gasteiger partial charge >= 0.3 is 0 Å². The molecule has 0 saturated carbocycles. The molecule has 0 aliphatic heterocycles. The van der Waals surface area contributed by atoms with Gasteiger partial charge in [-0.15, -0.1) is 0 Å². The molecular weight excluding hydrogens is 325 g/mol. The number of nitrogen functional groups attached to an aromatic ring is 1. The number of aromatic nitrogens is 2. The second-order valence-electron chi connectivity index (χ2n) is 4.33. The number of benzene rings is 2. The van der Waals surface area contributed by atoms with Gasteiger partial charge < -0.3 is 15.5 Å². The van der Waals surface area contributed by atoms with E-state index >= 15 is 0 Å². The van der Waals surface area contributed by atoms with E-state index in [0.29, 0.717) is 22.6 Å². The maximum absolute atomic E-state index is 13.7. The molecule has 0 spiro atoms. The molecule has 0 saturated heterocycles. The lowest BCUT2D eigenvalue weighted by Crippen LogP contribution is -1.89. The third-order valence-electron chi connectivity index (χ3n) is 3.01. The lowest BCUT2D eigenvalue weighted by molar-refractivity contribution is 0.386. The van der Waals surface area contributed by atoms with Crippen LogP contribution in [0, 0.1) is 5.82 Å². The molecular formula is C14H11BrFN3O. The molecule has 2 aromatic carbocycles. The van der Waals surface area contributed by atoms with Crippen molar-refractivity contribution < 1.29 is 9.13 Å². The molecule has 102 valence electrons. The first kappa shape index (κ1) is 12.9. The summed E-state index contributed by atoms with van der Waals surface area (Å²) >= 11 is 3.37. The molecule has 0 aliphatic rings. The van der Waals surface area contributed by atoms with E-state index in [9.17, 15) is 4.39 Å². The van der Waals surface area contributed by atoms with Gasteiger partial charge in [-0.1, -0.05) is 15.9 Å². The number of anilines is 1. The molecule has 1 aromatic heterocycles. The monoisotopic (exact) mass is 335 g/mol. The first-order chi connectivity index (χ1) is 9.58. The maximum atomic E-state index is 13.7. The van der Waals surface area contributed by atoms with Gasteiger partial charge in [0.25, 0.3) is 0 Å². The van der Waals surface area contributed by atoms with Crippen LogP contribution < -0.4 is 10.5 Å². The second-order valence-corrected chi connectivity index (χ2v) is 5.24. The number of halogens is 2. The molecule has 0 atom stereocenters. The maximum Gasteiger partial charge on any atom is 0.165 e. The minimum Gasteiger partial charge on any atom is -0.494 e. The Morgan fingerprint density at radius 1 is 1.30 bits per heavy atom. The van der Waals surface area contributed by atoms with Crippen LogP contribution in [0.3, 0.4) is 0 Å². The molecule has 4 nitrogen and oxygen atoms in total. The summed E-state index contributed by atoms with van der Waals surface area (Å²) in [6.07, 6.45) is 0. The minimum atomic E-state index is -0.431.